The summed E-state index contributed by atoms with van der Waals surface area (Å²) in [6, 6.07) is 5.13. The predicted octanol–water partition coefficient (Wildman–Crippen LogP) is 2.92. The number of hydrogen-bond acceptors (Lipinski definition) is 5. The Balaban J connectivity index is 2.14. The van der Waals surface area contributed by atoms with Gasteiger partial charge in [-0.25, -0.2) is 4.39 Å². The summed E-state index contributed by atoms with van der Waals surface area (Å²) in [6.45, 7) is 6.92. The summed E-state index contributed by atoms with van der Waals surface area (Å²) in [7, 11) is 0. The van der Waals surface area contributed by atoms with Crippen LogP contribution in [0, 0.1) is 22.6 Å². The summed E-state index contributed by atoms with van der Waals surface area (Å²) in [5.74, 6) is -2.84. The first-order valence-corrected chi connectivity index (χ1v) is 8.41. The largest absolute Gasteiger partial charge is 0.465 e. The highest BCUT2D eigenvalue weighted by molar-refractivity contribution is 6.19. The summed E-state index contributed by atoms with van der Waals surface area (Å²) in [5.41, 5.74) is -3.54. The summed E-state index contributed by atoms with van der Waals surface area (Å²) in [5, 5.41) is 0. The van der Waals surface area contributed by atoms with E-state index < -0.39 is 40.1 Å². The van der Waals surface area contributed by atoms with Crippen LogP contribution in [0.1, 0.15) is 44.5 Å². The smallest absolute Gasteiger partial charge is 0.325 e. The molecule has 134 valence electrons. The molecule has 6 heteroatoms. The van der Waals surface area contributed by atoms with Crippen molar-refractivity contribution in [2.75, 3.05) is 6.61 Å². The molecule has 0 amide bonds. The van der Waals surface area contributed by atoms with Gasteiger partial charge in [0.1, 0.15) is 11.4 Å². The number of carbonyl (C=O) groups is 3. The molecular weight excluding hydrogens is 327 g/mol. The Morgan fingerprint density at radius 2 is 1.80 bits per heavy atom. The maximum Gasteiger partial charge on any atom is 0.325 e. The number of esters is 2. The van der Waals surface area contributed by atoms with Gasteiger partial charge in [-0.1, -0.05) is 6.92 Å². The van der Waals surface area contributed by atoms with Crippen LogP contribution in [0.3, 0.4) is 0 Å². The van der Waals surface area contributed by atoms with Crippen molar-refractivity contribution in [3.63, 3.8) is 0 Å². The molecule has 0 aromatic heterocycles. The Bertz CT molecular complexity index is 754. The van der Waals surface area contributed by atoms with Gasteiger partial charge in [0, 0.05) is 11.5 Å². The van der Waals surface area contributed by atoms with Crippen molar-refractivity contribution < 1.29 is 28.2 Å². The third-order valence-corrected chi connectivity index (χ3v) is 5.59. The highest BCUT2D eigenvalue weighted by Gasteiger charge is 2.95. The molecular formula is C19H21FO5. The van der Waals surface area contributed by atoms with E-state index in [4.69, 9.17) is 9.47 Å². The quantitative estimate of drug-likeness (QED) is 0.465. The number of rotatable bonds is 5. The molecule has 2 aliphatic rings. The number of Topliss-reactive ketones (excluding diaryl/α,β-unsaturated/α-hetero) is 1. The zero-order chi connectivity index (χ0) is 18.6. The van der Waals surface area contributed by atoms with Crippen LogP contribution < -0.4 is 0 Å². The standard InChI is InChI=1S/C19H21FO5/c1-5-18(13(21)11-7-9-12(20)10-8-11)14-17(3,4)25-16(23)19(14,18)15(22)24-6-2/h7-10,14H,5-6H2,1-4H3/t14-,18+,19+/m1/s1. The van der Waals surface area contributed by atoms with Crippen LogP contribution in [-0.2, 0) is 19.1 Å². The Hall–Kier alpha value is -2.24. The Morgan fingerprint density at radius 3 is 2.32 bits per heavy atom. The minimum atomic E-state index is -1.62. The van der Waals surface area contributed by atoms with Gasteiger partial charge < -0.3 is 9.47 Å². The second-order valence-corrected chi connectivity index (χ2v) is 7.12. The van der Waals surface area contributed by atoms with E-state index in [1.807, 2.05) is 0 Å². The number of carbonyl (C=O) groups excluding carboxylic acids is 3. The SMILES string of the molecule is CCOC(=O)[C@]12C(=O)OC(C)(C)[C@@H]1[C@]2(CC)C(=O)c1ccc(F)cc1. The number of fused-ring (bicyclic) bond motifs is 1. The zero-order valence-electron chi connectivity index (χ0n) is 14.7. The molecule has 1 heterocycles. The van der Waals surface area contributed by atoms with Crippen molar-refractivity contribution in [3.05, 3.63) is 35.6 Å². The molecule has 0 bridgehead atoms. The molecule has 5 nitrogen and oxygen atoms in total. The van der Waals surface area contributed by atoms with Gasteiger partial charge in [-0.15, -0.1) is 0 Å². The fraction of sp³-hybridized carbons (Fsp3) is 0.526. The van der Waals surface area contributed by atoms with Gasteiger partial charge in [-0.2, -0.15) is 0 Å². The average molecular weight is 348 g/mol. The number of cyclic esters (lactones) is 1. The third-order valence-electron chi connectivity index (χ3n) is 5.59. The predicted molar refractivity (Wildman–Crippen MR) is 86.2 cm³/mol. The molecule has 25 heavy (non-hydrogen) atoms. The molecule has 1 aromatic carbocycles. The van der Waals surface area contributed by atoms with Crippen LogP contribution in [0.2, 0.25) is 0 Å². The van der Waals surface area contributed by atoms with Gasteiger partial charge >= 0.3 is 11.9 Å². The Kier molecular flexibility index (Phi) is 3.78. The lowest BCUT2D eigenvalue weighted by molar-refractivity contribution is -0.166. The number of hydrogen-bond donors (Lipinski definition) is 0. The highest BCUT2D eigenvalue weighted by Crippen LogP contribution is 2.80. The second kappa shape index (κ2) is 5.38. The average Bonchev–Trinajstić information content (AvgIpc) is 3.15. The van der Waals surface area contributed by atoms with Crippen LogP contribution in [0.5, 0.6) is 0 Å². The van der Waals surface area contributed by atoms with E-state index in [0.29, 0.717) is 0 Å². The summed E-state index contributed by atoms with van der Waals surface area (Å²) in [4.78, 5) is 38.7. The molecule has 0 radical (unpaired) electrons. The maximum absolute atomic E-state index is 13.3. The van der Waals surface area contributed by atoms with Gasteiger partial charge in [0.05, 0.1) is 12.0 Å². The molecule has 0 spiro atoms. The first-order chi connectivity index (χ1) is 11.7. The number of halogens is 1. The normalized spacial score (nSPS) is 31.9. The van der Waals surface area contributed by atoms with E-state index in [1.54, 1.807) is 27.7 Å². The van der Waals surface area contributed by atoms with E-state index in [9.17, 15) is 18.8 Å². The zero-order valence-corrected chi connectivity index (χ0v) is 14.7. The van der Waals surface area contributed by atoms with Crippen LogP contribution in [0.25, 0.3) is 0 Å². The van der Waals surface area contributed by atoms with Gasteiger partial charge in [0.25, 0.3) is 0 Å². The monoisotopic (exact) mass is 348 g/mol. The lowest BCUT2D eigenvalue weighted by atomic mass is 9.81. The number of ketones is 1. The van der Waals surface area contributed by atoms with Crippen LogP contribution >= 0.6 is 0 Å². The Morgan fingerprint density at radius 1 is 1.20 bits per heavy atom. The molecule has 2 fully saturated rings. The summed E-state index contributed by atoms with van der Waals surface area (Å²) in [6.07, 6.45) is 0.283. The summed E-state index contributed by atoms with van der Waals surface area (Å²) < 4.78 is 23.7. The van der Waals surface area contributed by atoms with E-state index >= 15 is 0 Å². The second-order valence-electron chi connectivity index (χ2n) is 7.12. The molecule has 3 rings (SSSR count). The van der Waals surface area contributed by atoms with Gasteiger partial charge in [0.15, 0.2) is 11.2 Å². The van der Waals surface area contributed by atoms with E-state index in [0.717, 1.165) is 0 Å². The Labute approximate surface area is 145 Å². The molecule has 1 aliphatic heterocycles. The van der Waals surface area contributed by atoms with Crippen molar-refractivity contribution in [3.8, 4) is 0 Å². The lowest BCUT2D eigenvalue weighted by Crippen LogP contribution is -2.40. The molecule has 1 aliphatic carbocycles. The van der Waals surface area contributed by atoms with Crippen molar-refractivity contribution in [1.82, 2.24) is 0 Å². The van der Waals surface area contributed by atoms with E-state index in [2.05, 4.69) is 0 Å². The van der Waals surface area contributed by atoms with Crippen molar-refractivity contribution in [2.45, 2.75) is 39.7 Å². The van der Waals surface area contributed by atoms with Gasteiger partial charge in [0.2, 0.25) is 0 Å². The minimum Gasteiger partial charge on any atom is -0.465 e. The van der Waals surface area contributed by atoms with E-state index in [1.165, 1.54) is 24.3 Å². The minimum absolute atomic E-state index is 0.103. The molecule has 0 N–H and O–H groups in total. The van der Waals surface area contributed by atoms with Crippen LogP contribution in [0.4, 0.5) is 4.39 Å². The topological polar surface area (TPSA) is 69.7 Å². The van der Waals surface area contributed by atoms with Crippen LogP contribution in [-0.4, -0.2) is 29.9 Å². The fourth-order valence-electron chi connectivity index (χ4n) is 4.77. The van der Waals surface area contributed by atoms with Crippen LogP contribution in [0.15, 0.2) is 24.3 Å². The maximum atomic E-state index is 13.3. The molecule has 1 aromatic rings. The fourth-order valence-corrected chi connectivity index (χ4v) is 4.77. The van der Waals surface area contributed by atoms with Crippen molar-refractivity contribution in [1.29, 1.82) is 0 Å². The number of benzene rings is 1. The molecule has 1 saturated carbocycles. The lowest BCUT2D eigenvalue weighted by Gasteiger charge is -2.28. The third kappa shape index (κ3) is 1.96. The van der Waals surface area contributed by atoms with Crippen molar-refractivity contribution in [2.24, 2.45) is 16.7 Å². The molecule has 3 atom stereocenters. The molecule has 1 saturated heterocycles. The van der Waals surface area contributed by atoms with Gasteiger partial charge in [-0.3, -0.25) is 14.4 Å². The highest BCUT2D eigenvalue weighted by atomic mass is 19.1. The van der Waals surface area contributed by atoms with Gasteiger partial charge in [-0.05, 0) is 51.5 Å². The van der Waals surface area contributed by atoms with Crippen molar-refractivity contribution >= 4 is 17.7 Å². The number of ether oxygens (including phenoxy) is 2. The first kappa shape index (κ1) is 17.6. The first-order valence-electron chi connectivity index (χ1n) is 8.41. The van der Waals surface area contributed by atoms with E-state index in [-0.39, 0.29) is 24.4 Å². The summed E-state index contributed by atoms with van der Waals surface area (Å²) >= 11 is 0. The molecule has 0 unspecified atom stereocenters.